The lowest BCUT2D eigenvalue weighted by atomic mass is 9.92. The van der Waals surface area contributed by atoms with Gasteiger partial charge in [-0.1, -0.05) is 18.2 Å². The van der Waals surface area contributed by atoms with Gasteiger partial charge in [0.1, 0.15) is 5.82 Å². The van der Waals surface area contributed by atoms with Crippen molar-refractivity contribution >= 4 is 5.91 Å². The van der Waals surface area contributed by atoms with Gasteiger partial charge >= 0.3 is 0 Å². The van der Waals surface area contributed by atoms with Crippen LogP contribution in [-0.2, 0) is 21.4 Å². The number of benzene rings is 1. The number of halogens is 1. The zero-order chi connectivity index (χ0) is 18.0. The van der Waals surface area contributed by atoms with E-state index in [1.165, 1.54) is 6.07 Å². The number of carbonyl (C=O) groups excluding carboxylic acids is 1. The Morgan fingerprint density at radius 1 is 1.31 bits per heavy atom. The van der Waals surface area contributed by atoms with Crippen LogP contribution in [0.1, 0.15) is 30.5 Å². The summed E-state index contributed by atoms with van der Waals surface area (Å²) in [6, 6.07) is 6.64. The van der Waals surface area contributed by atoms with Gasteiger partial charge in [-0.05, 0) is 31.7 Å². The zero-order valence-corrected chi connectivity index (χ0v) is 14.6. The van der Waals surface area contributed by atoms with Crippen molar-refractivity contribution in [1.82, 2.24) is 14.9 Å². The first kappa shape index (κ1) is 17.1. The first-order valence-corrected chi connectivity index (χ1v) is 9.09. The lowest BCUT2D eigenvalue weighted by Gasteiger charge is -2.38. The number of aromatic nitrogens is 2. The van der Waals surface area contributed by atoms with E-state index < -0.39 is 5.41 Å². The molecule has 1 atom stereocenters. The van der Waals surface area contributed by atoms with E-state index in [9.17, 15) is 9.18 Å². The van der Waals surface area contributed by atoms with E-state index >= 15 is 0 Å². The molecule has 5 nitrogen and oxygen atoms in total. The molecule has 6 heteroatoms. The van der Waals surface area contributed by atoms with Gasteiger partial charge in [-0.25, -0.2) is 4.39 Å². The zero-order valence-electron chi connectivity index (χ0n) is 14.6. The second-order valence-electron chi connectivity index (χ2n) is 7.02. The number of nitrogens with zero attached hydrogens (tertiary/aromatic N) is 3. The van der Waals surface area contributed by atoms with E-state index in [1.54, 1.807) is 36.8 Å². The largest absolute Gasteiger partial charge is 0.377 e. The van der Waals surface area contributed by atoms with E-state index in [-0.39, 0.29) is 17.8 Å². The van der Waals surface area contributed by atoms with Crippen LogP contribution in [-0.4, -0.2) is 46.6 Å². The Labute approximate surface area is 152 Å². The second-order valence-corrected chi connectivity index (χ2v) is 7.02. The van der Waals surface area contributed by atoms with Crippen LogP contribution in [0.2, 0.25) is 0 Å². The van der Waals surface area contributed by atoms with Gasteiger partial charge in [0.15, 0.2) is 0 Å². The molecule has 0 N–H and O–H groups in total. The molecule has 2 heterocycles. The number of hydrogen-bond donors (Lipinski definition) is 0. The van der Waals surface area contributed by atoms with E-state index in [0.29, 0.717) is 38.2 Å². The molecule has 136 valence electrons. The Morgan fingerprint density at radius 2 is 2.15 bits per heavy atom. The van der Waals surface area contributed by atoms with Crippen molar-refractivity contribution in [2.45, 2.75) is 37.1 Å². The van der Waals surface area contributed by atoms with Gasteiger partial charge in [-0.3, -0.25) is 14.8 Å². The molecule has 0 spiro atoms. The Bertz CT molecular complexity index is 780. The minimum absolute atomic E-state index is 0.0116. The summed E-state index contributed by atoms with van der Waals surface area (Å²) >= 11 is 0. The van der Waals surface area contributed by atoms with Crippen molar-refractivity contribution in [3.05, 3.63) is 59.9 Å². The van der Waals surface area contributed by atoms with E-state index in [1.807, 2.05) is 4.90 Å². The highest BCUT2D eigenvalue weighted by molar-refractivity contribution is 5.91. The van der Waals surface area contributed by atoms with Crippen LogP contribution >= 0.6 is 0 Å². The third kappa shape index (κ3) is 3.21. The van der Waals surface area contributed by atoms with Crippen molar-refractivity contribution in [1.29, 1.82) is 0 Å². The van der Waals surface area contributed by atoms with Crippen LogP contribution in [0.3, 0.4) is 0 Å². The van der Waals surface area contributed by atoms with E-state index in [0.717, 1.165) is 18.5 Å². The molecule has 1 aromatic heterocycles. The van der Waals surface area contributed by atoms with Gasteiger partial charge in [-0.2, -0.15) is 0 Å². The highest BCUT2D eigenvalue weighted by Crippen LogP contribution is 2.50. The summed E-state index contributed by atoms with van der Waals surface area (Å²) in [6.07, 6.45) is 7.98. The predicted octanol–water partition coefficient (Wildman–Crippen LogP) is 2.51. The molecule has 1 saturated heterocycles. The van der Waals surface area contributed by atoms with Gasteiger partial charge in [0.25, 0.3) is 0 Å². The molecule has 1 aliphatic carbocycles. The third-order valence-corrected chi connectivity index (χ3v) is 5.39. The fourth-order valence-corrected chi connectivity index (χ4v) is 3.78. The molecule has 1 aromatic carbocycles. The van der Waals surface area contributed by atoms with Crippen molar-refractivity contribution < 1.29 is 13.9 Å². The highest BCUT2D eigenvalue weighted by Gasteiger charge is 2.55. The summed E-state index contributed by atoms with van der Waals surface area (Å²) in [5.74, 6) is -0.252. The summed E-state index contributed by atoms with van der Waals surface area (Å²) in [7, 11) is 0. The maximum atomic E-state index is 14.3. The Morgan fingerprint density at radius 3 is 2.88 bits per heavy atom. The summed E-state index contributed by atoms with van der Waals surface area (Å²) in [5, 5.41) is 0. The SMILES string of the molecule is O=C(N1CCOC[C@@H]1CCc1cnccn1)C1(c2ccccc2F)CC1. The van der Waals surface area contributed by atoms with Gasteiger partial charge < -0.3 is 9.64 Å². The molecule has 1 amide bonds. The van der Waals surface area contributed by atoms with Crippen LogP contribution in [0.4, 0.5) is 4.39 Å². The van der Waals surface area contributed by atoms with Crippen LogP contribution in [0.5, 0.6) is 0 Å². The maximum Gasteiger partial charge on any atom is 0.233 e. The molecular formula is C20H22FN3O2. The van der Waals surface area contributed by atoms with Gasteiger partial charge in [0, 0.05) is 30.7 Å². The van der Waals surface area contributed by atoms with E-state index in [4.69, 9.17) is 4.74 Å². The number of amides is 1. The Kier molecular flexibility index (Phi) is 4.68. The van der Waals surface area contributed by atoms with Crippen LogP contribution in [0, 0.1) is 5.82 Å². The first-order chi connectivity index (χ1) is 12.7. The summed E-state index contributed by atoms with van der Waals surface area (Å²) in [6.45, 7) is 1.60. The molecule has 0 unspecified atom stereocenters. The number of rotatable bonds is 5. The van der Waals surface area contributed by atoms with Crippen LogP contribution in [0.15, 0.2) is 42.9 Å². The molecule has 0 bridgehead atoms. The van der Waals surface area contributed by atoms with Crippen molar-refractivity contribution in [3.8, 4) is 0 Å². The van der Waals surface area contributed by atoms with Crippen molar-refractivity contribution in [3.63, 3.8) is 0 Å². The quantitative estimate of drug-likeness (QED) is 0.827. The number of morpholine rings is 1. The fraction of sp³-hybridized carbons (Fsp3) is 0.450. The van der Waals surface area contributed by atoms with Gasteiger partial charge in [0.05, 0.1) is 30.4 Å². The highest BCUT2D eigenvalue weighted by atomic mass is 19.1. The standard InChI is InChI=1S/C20H22FN3O2/c21-18-4-2-1-3-17(18)20(7-8-20)19(25)24-11-12-26-14-16(24)6-5-15-13-22-9-10-23-15/h1-4,9-10,13,16H,5-8,11-12,14H2/t16-/m0/s1. The third-order valence-electron chi connectivity index (χ3n) is 5.39. The number of carbonyl (C=O) groups is 1. The molecule has 0 radical (unpaired) electrons. The van der Waals surface area contributed by atoms with Gasteiger partial charge in [0.2, 0.25) is 5.91 Å². The molecule has 1 aliphatic heterocycles. The molecule has 26 heavy (non-hydrogen) atoms. The molecule has 1 saturated carbocycles. The fourth-order valence-electron chi connectivity index (χ4n) is 3.78. The average molecular weight is 355 g/mol. The molecular weight excluding hydrogens is 333 g/mol. The second kappa shape index (κ2) is 7.11. The maximum absolute atomic E-state index is 14.3. The van der Waals surface area contributed by atoms with Crippen LogP contribution in [0.25, 0.3) is 0 Å². The summed E-state index contributed by atoms with van der Waals surface area (Å²) < 4.78 is 19.9. The first-order valence-electron chi connectivity index (χ1n) is 9.09. The Balaban J connectivity index is 1.51. The number of aryl methyl sites for hydroxylation is 1. The average Bonchev–Trinajstić information content (AvgIpc) is 3.49. The predicted molar refractivity (Wildman–Crippen MR) is 94.0 cm³/mol. The molecule has 4 rings (SSSR count). The molecule has 2 aliphatic rings. The topological polar surface area (TPSA) is 55.3 Å². The summed E-state index contributed by atoms with van der Waals surface area (Å²) in [5.41, 5.74) is 0.748. The smallest absolute Gasteiger partial charge is 0.233 e. The number of hydrogen-bond acceptors (Lipinski definition) is 4. The van der Waals surface area contributed by atoms with Crippen molar-refractivity contribution in [2.75, 3.05) is 19.8 Å². The number of ether oxygens (including phenoxy) is 1. The minimum atomic E-state index is -0.687. The minimum Gasteiger partial charge on any atom is -0.377 e. The lowest BCUT2D eigenvalue weighted by Crippen LogP contribution is -2.52. The summed E-state index contributed by atoms with van der Waals surface area (Å²) in [4.78, 5) is 23.6. The van der Waals surface area contributed by atoms with Crippen LogP contribution < -0.4 is 0 Å². The normalized spacial score (nSPS) is 21.4. The molecule has 2 fully saturated rings. The van der Waals surface area contributed by atoms with Gasteiger partial charge in [-0.15, -0.1) is 0 Å². The lowest BCUT2D eigenvalue weighted by molar-refractivity contribution is -0.143. The Hall–Kier alpha value is -2.34. The monoisotopic (exact) mass is 355 g/mol. The molecule has 2 aromatic rings. The van der Waals surface area contributed by atoms with Crippen molar-refractivity contribution in [2.24, 2.45) is 0 Å². The van der Waals surface area contributed by atoms with E-state index in [2.05, 4.69) is 9.97 Å².